The molecule has 0 aliphatic carbocycles. The number of hydrogen-bond donors (Lipinski definition) is 0. The zero-order chi connectivity index (χ0) is 15.5. The molecular weight excluding hydrogens is 404 g/mol. The van der Waals surface area contributed by atoms with Crippen molar-refractivity contribution in [1.82, 2.24) is 4.98 Å². The maximum absolute atomic E-state index is 12.8. The van der Waals surface area contributed by atoms with Crippen LogP contribution in [-0.4, -0.2) is 23.9 Å². The molecule has 1 aromatic heterocycles. The van der Waals surface area contributed by atoms with E-state index in [0.717, 1.165) is 6.07 Å². The van der Waals surface area contributed by atoms with Crippen LogP contribution in [0.5, 0.6) is 5.88 Å². The normalized spacial score (nSPS) is 11.6. The van der Waals surface area contributed by atoms with Gasteiger partial charge in [0.05, 0.1) is 6.61 Å². The summed E-state index contributed by atoms with van der Waals surface area (Å²) in [5, 5.41) is 0. The summed E-state index contributed by atoms with van der Waals surface area (Å²) < 4.78 is 69.6. The van der Waals surface area contributed by atoms with Gasteiger partial charge in [0.15, 0.2) is 0 Å². The average Bonchev–Trinajstić information content (AvgIpc) is 2.25. The maximum atomic E-state index is 12.8. The van der Waals surface area contributed by atoms with Gasteiger partial charge >= 0.3 is 12.3 Å². The summed E-state index contributed by atoms with van der Waals surface area (Å²) in [7, 11) is 0. The van der Waals surface area contributed by atoms with E-state index in [4.69, 9.17) is 0 Å². The van der Waals surface area contributed by atoms with Crippen LogP contribution in [0.25, 0.3) is 0 Å². The summed E-state index contributed by atoms with van der Waals surface area (Å²) in [4.78, 5) is 14.5. The highest BCUT2D eigenvalue weighted by Crippen LogP contribution is 2.30. The van der Waals surface area contributed by atoms with E-state index < -0.39 is 35.9 Å². The van der Waals surface area contributed by atoms with Gasteiger partial charge in [0.2, 0.25) is 5.88 Å². The predicted octanol–water partition coefficient (Wildman–Crippen LogP) is 3.70. The molecule has 0 unspecified atom stereocenters. The number of esters is 1. The molecule has 0 aliphatic rings. The standard InChI is InChI=1S/C10H7F5INO3/c1-2-19-9(18)6-4(16)3-5(20-10(13,14)15)17-7(6)8(11)12/h3,8H,2H2,1H3. The molecule has 0 aromatic carbocycles. The number of ether oxygens (including phenoxy) is 2. The molecule has 1 rings (SSSR count). The maximum Gasteiger partial charge on any atom is 0.574 e. The summed E-state index contributed by atoms with van der Waals surface area (Å²) in [6.45, 7) is 1.39. The van der Waals surface area contributed by atoms with Gasteiger partial charge in [-0.1, -0.05) is 0 Å². The first-order valence-electron chi connectivity index (χ1n) is 5.07. The molecule has 4 nitrogen and oxygen atoms in total. The highest BCUT2D eigenvalue weighted by atomic mass is 127. The van der Waals surface area contributed by atoms with Gasteiger partial charge in [-0.3, -0.25) is 0 Å². The molecule has 0 atom stereocenters. The molecule has 1 aromatic rings. The van der Waals surface area contributed by atoms with Crippen molar-refractivity contribution >= 4 is 28.6 Å². The first-order valence-corrected chi connectivity index (χ1v) is 6.15. The summed E-state index contributed by atoms with van der Waals surface area (Å²) in [6, 6.07) is 0.728. The fourth-order valence-electron chi connectivity index (χ4n) is 1.24. The van der Waals surface area contributed by atoms with Crippen LogP contribution in [0.3, 0.4) is 0 Å². The van der Waals surface area contributed by atoms with Crippen molar-refractivity contribution in [1.29, 1.82) is 0 Å². The van der Waals surface area contributed by atoms with Crippen molar-refractivity contribution in [3.63, 3.8) is 0 Å². The zero-order valence-electron chi connectivity index (χ0n) is 9.80. The Morgan fingerprint density at radius 3 is 2.50 bits per heavy atom. The minimum Gasteiger partial charge on any atom is -0.462 e. The summed E-state index contributed by atoms with van der Waals surface area (Å²) >= 11 is 1.43. The van der Waals surface area contributed by atoms with Crippen molar-refractivity contribution in [3.8, 4) is 5.88 Å². The molecule has 0 fully saturated rings. The van der Waals surface area contributed by atoms with Gasteiger partial charge in [0.1, 0.15) is 11.3 Å². The average molecular weight is 411 g/mol. The third-order valence-corrected chi connectivity index (χ3v) is 2.73. The van der Waals surface area contributed by atoms with Gasteiger partial charge in [-0.2, -0.15) is 0 Å². The molecule has 0 spiro atoms. The fraction of sp³-hybridized carbons (Fsp3) is 0.400. The van der Waals surface area contributed by atoms with Gasteiger partial charge in [-0.25, -0.2) is 18.6 Å². The number of alkyl halides is 5. The zero-order valence-corrected chi connectivity index (χ0v) is 12.0. The Kier molecular flexibility index (Phi) is 5.48. The Morgan fingerprint density at radius 2 is 2.05 bits per heavy atom. The van der Waals surface area contributed by atoms with E-state index in [-0.39, 0.29) is 10.2 Å². The van der Waals surface area contributed by atoms with E-state index in [1.807, 2.05) is 0 Å². The molecule has 0 bridgehead atoms. The van der Waals surface area contributed by atoms with Gasteiger partial charge < -0.3 is 9.47 Å². The molecule has 0 saturated heterocycles. The van der Waals surface area contributed by atoms with Crippen LogP contribution < -0.4 is 4.74 Å². The van der Waals surface area contributed by atoms with E-state index in [1.54, 1.807) is 0 Å². The second kappa shape index (κ2) is 6.50. The van der Waals surface area contributed by atoms with Crippen LogP contribution in [0.1, 0.15) is 29.4 Å². The van der Waals surface area contributed by atoms with E-state index in [9.17, 15) is 26.7 Å². The molecular formula is C10H7F5INO3. The molecule has 1 heterocycles. The highest BCUT2D eigenvalue weighted by Gasteiger charge is 2.34. The Hall–Kier alpha value is -1.20. The van der Waals surface area contributed by atoms with E-state index in [1.165, 1.54) is 29.5 Å². The minimum atomic E-state index is -5.07. The second-order valence-corrected chi connectivity index (χ2v) is 4.43. The lowest BCUT2D eigenvalue weighted by Gasteiger charge is -2.13. The van der Waals surface area contributed by atoms with Gasteiger partial charge in [-0.05, 0) is 29.5 Å². The monoisotopic (exact) mass is 411 g/mol. The van der Waals surface area contributed by atoms with Crippen molar-refractivity contribution < 1.29 is 36.2 Å². The van der Waals surface area contributed by atoms with Crippen molar-refractivity contribution in [2.24, 2.45) is 0 Å². The summed E-state index contributed by atoms with van der Waals surface area (Å²) in [5.74, 6) is -2.15. The first kappa shape index (κ1) is 16.9. The van der Waals surface area contributed by atoms with E-state index in [0.29, 0.717) is 0 Å². The Labute approximate surface area is 123 Å². The lowest BCUT2D eigenvalue weighted by atomic mass is 10.2. The Balaban J connectivity index is 3.29. The number of pyridine rings is 1. The number of rotatable bonds is 4. The van der Waals surface area contributed by atoms with Crippen LogP contribution in [-0.2, 0) is 4.74 Å². The predicted molar refractivity (Wildman–Crippen MR) is 64.6 cm³/mol. The first-order chi connectivity index (χ1) is 9.15. The Morgan fingerprint density at radius 1 is 1.45 bits per heavy atom. The molecule has 0 amide bonds. The number of carbonyl (C=O) groups excluding carboxylic acids is 1. The molecule has 0 N–H and O–H groups in total. The highest BCUT2D eigenvalue weighted by molar-refractivity contribution is 14.1. The van der Waals surface area contributed by atoms with Crippen LogP contribution >= 0.6 is 22.6 Å². The fourth-order valence-corrected chi connectivity index (χ4v) is 2.01. The van der Waals surface area contributed by atoms with Crippen LogP contribution in [0.4, 0.5) is 22.0 Å². The second-order valence-electron chi connectivity index (χ2n) is 3.27. The topological polar surface area (TPSA) is 48.4 Å². The molecule has 0 saturated carbocycles. The van der Waals surface area contributed by atoms with Gasteiger partial charge in [-0.15, -0.1) is 13.2 Å². The molecule has 20 heavy (non-hydrogen) atoms. The number of nitrogens with zero attached hydrogens (tertiary/aromatic N) is 1. The van der Waals surface area contributed by atoms with E-state index >= 15 is 0 Å². The number of hydrogen-bond acceptors (Lipinski definition) is 4. The van der Waals surface area contributed by atoms with Gasteiger partial charge in [0, 0.05) is 9.64 Å². The molecule has 112 valence electrons. The third-order valence-electron chi connectivity index (χ3n) is 1.88. The summed E-state index contributed by atoms with van der Waals surface area (Å²) in [5.41, 5.74) is -1.69. The minimum absolute atomic E-state index is 0.0710. The smallest absolute Gasteiger partial charge is 0.462 e. The summed E-state index contributed by atoms with van der Waals surface area (Å²) in [6.07, 6.45) is -8.32. The SMILES string of the molecule is CCOC(=O)c1c(I)cc(OC(F)(F)F)nc1C(F)F. The lowest BCUT2D eigenvalue weighted by Crippen LogP contribution is -2.20. The number of aromatic nitrogens is 1. The number of carbonyl (C=O) groups is 1. The Bertz CT molecular complexity index is 506. The molecule has 0 radical (unpaired) electrons. The lowest BCUT2D eigenvalue weighted by molar-refractivity contribution is -0.276. The van der Waals surface area contributed by atoms with Crippen molar-refractivity contribution in [3.05, 3.63) is 20.9 Å². The van der Waals surface area contributed by atoms with Crippen LogP contribution in [0.15, 0.2) is 6.07 Å². The van der Waals surface area contributed by atoms with Crippen molar-refractivity contribution in [2.75, 3.05) is 6.61 Å². The quantitative estimate of drug-likeness (QED) is 0.431. The van der Waals surface area contributed by atoms with Gasteiger partial charge in [0.25, 0.3) is 6.43 Å². The van der Waals surface area contributed by atoms with E-state index in [2.05, 4.69) is 14.5 Å². The molecule has 10 heteroatoms. The van der Waals surface area contributed by atoms with Crippen LogP contribution in [0, 0.1) is 3.57 Å². The number of halogens is 6. The third kappa shape index (κ3) is 4.42. The largest absolute Gasteiger partial charge is 0.574 e. The molecule has 0 aliphatic heterocycles. The van der Waals surface area contributed by atoms with Crippen molar-refractivity contribution in [2.45, 2.75) is 19.7 Å². The van der Waals surface area contributed by atoms with Crippen LogP contribution in [0.2, 0.25) is 0 Å².